The number of nitrogens with one attached hydrogen (secondary N) is 1. The maximum Gasteiger partial charge on any atom is 0.272 e. The Morgan fingerprint density at radius 3 is 2.76 bits per heavy atom. The average molecular weight is 290 g/mol. The third-order valence-electron chi connectivity index (χ3n) is 3.19. The Hall–Kier alpha value is -2.18. The molecule has 1 N–H and O–H groups in total. The van der Waals surface area contributed by atoms with Crippen molar-refractivity contribution in [2.75, 3.05) is 0 Å². The zero-order chi connectivity index (χ0) is 15.4. The molecule has 2 heterocycles. The van der Waals surface area contributed by atoms with Crippen LogP contribution in [0.3, 0.4) is 0 Å². The smallest absolute Gasteiger partial charge is 0.272 e. The van der Waals surface area contributed by atoms with Crippen LogP contribution in [0.1, 0.15) is 62.5 Å². The molecule has 0 aromatic carbocycles. The lowest BCUT2D eigenvalue weighted by atomic mass is 10.3. The fourth-order valence-electron chi connectivity index (χ4n) is 2.07. The number of rotatable bonds is 6. The summed E-state index contributed by atoms with van der Waals surface area (Å²) in [5.41, 5.74) is 0.414. The van der Waals surface area contributed by atoms with Crippen molar-refractivity contribution in [2.45, 2.75) is 52.7 Å². The van der Waals surface area contributed by atoms with Crippen molar-refractivity contribution in [3.05, 3.63) is 30.1 Å². The number of hydrogen-bond donors (Lipinski definition) is 1. The van der Waals surface area contributed by atoms with Gasteiger partial charge in [0.15, 0.2) is 0 Å². The van der Waals surface area contributed by atoms with Crippen molar-refractivity contribution in [1.29, 1.82) is 0 Å². The van der Waals surface area contributed by atoms with Gasteiger partial charge >= 0.3 is 0 Å². The van der Waals surface area contributed by atoms with Crippen LogP contribution in [-0.2, 0) is 6.54 Å². The molecule has 0 unspecified atom stereocenters. The molecule has 0 aliphatic heterocycles. The minimum atomic E-state index is -0.212. The van der Waals surface area contributed by atoms with Gasteiger partial charge in [-0.15, -0.1) is 0 Å². The minimum absolute atomic E-state index is 0.201. The topological polar surface area (TPSA) is 77.6 Å². The van der Waals surface area contributed by atoms with E-state index < -0.39 is 0 Å². The van der Waals surface area contributed by atoms with E-state index in [1.54, 1.807) is 10.7 Å². The van der Waals surface area contributed by atoms with Crippen LogP contribution in [0.25, 0.3) is 0 Å². The number of carbonyl (C=O) groups excluding carboxylic acids is 1. The van der Waals surface area contributed by atoms with Crippen molar-refractivity contribution >= 4 is 5.91 Å². The number of aromatic nitrogens is 5. The van der Waals surface area contributed by atoms with Crippen molar-refractivity contribution in [1.82, 2.24) is 29.9 Å². The summed E-state index contributed by atoms with van der Waals surface area (Å²) >= 11 is 0. The van der Waals surface area contributed by atoms with E-state index in [4.69, 9.17) is 0 Å². The van der Waals surface area contributed by atoms with Crippen LogP contribution in [0.5, 0.6) is 0 Å². The van der Waals surface area contributed by atoms with Crippen LogP contribution in [0.2, 0.25) is 0 Å². The van der Waals surface area contributed by atoms with E-state index >= 15 is 0 Å². The van der Waals surface area contributed by atoms with Crippen molar-refractivity contribution in [3.63, 3.8) is 0 Å². The predicted octanol–water partition coefficient (Wildman–Crippen LogP) is 1.96. The second-order valence-corrected chi connectivity index (χ2v) is 5.31. The summed E-state index contributed by atoms with van der Waals surface area (Å²) in [7, 11) is 0. The first kappa shape index (κ1) is 15.2. The normalized spacial score (nSPS) is 12.6. The van der Waals surface area contributed by atoms with Gasteiger partial charge in [0.2, 0.25) is 0 Å². The maximum absolute atomic E-state index is 12.2. The first-order valence-electron chi connectivity index (χ1n) is 7.26. The highest BCUT2D eigenvalue weighted by Crippen LogP contribution is 2.11. The van der Waals surface area contributed by atoms with E-state index in [0.29, 0.717) is 5.69 Å². The predicted molar refractivity (Wildman–Crippen MR) is 78.8 cm³/mol. The highest BCUT2D eigenvalue weighted by atomic mass is 16.2. The Kier molecular flexibility index (Phi) is 4.72. The van der Waals surface area contributed by atoms with Crippen LogP contribution >= 0.6 is 0 Å². The molecule has 0 saturated carbocycles. The molecule has 2 rings (SSSR count). The molecule has 0 fully saturated rings. The average Bonchev–Trinajstić information content (AvgIpc) is 3.07. The van der Waals surface area contributed by atoms with E-state index in [9.17, 15) is 4.79 Å². The van der Waals surface area contributed by atoms with Gasteiger partial charge in [-0.2, -0.15) is 10.2 Å². The van der Waals surface area contributed by atoms with Gasteiger partial charge in [0.1, 0.15) is 17.8 Å². The molecule has 2 aromatic heterocycles. The number of amides is 1. The highest BCUT2D eigenvalue weighted by Gasteiger charge is 2.18. The van der Waals surface area contributed by atoms with E-state index in [0.717, 1.165) is 18.8 Å². The molecule has 2 aromatic rings. The molecule has 1 atom stereocenters. The number of carbonyl (C=O) groups is 1. The summed E-state index contributed by atoms with van der Waals surface area (Å²) in [6, 6.07) is 1.74. The van der Waals surface area contributed by atoms with Gasteiger partial charge in [0.25, 0.3) is 5.91 Å². The molecule has 114 valence electrons. The summed E-state index contributed by atoms with van der Waals surface area (Å²) in [4.78, 5) is 16.4. The minimum Gasteiger partial charge on any atom is -0.341 e. The Labute approximate surface area is 124 Å². The van der Waals surface area contributed by atoms with Gasteiger partial charge in [0.05, 0.1) is 6.04 Å². The summed E-state index contributed by atoms with van der Waals surface area (Å²) < 4.78 is 3.58. The number of hydrogen-bond acceptors (Lipinski definition) is 4. The number of nitrogens with zero attached hydrogens (tertiary/aromatic N) is 5. The summed E-state index contributed by atoms with van der Waals surface area (Å²) in [5, 5.41) is 11.3. The van der Waals surface area contributed by atoms with Crippen molar-refractivity contribution < 1.29 is 4.79 Å². The standard InChI is InChI=1S/C14H22N6O/c1-5-7-20-13(15-9-16-20)11(4)17-14(21)12-6-8-19(18-12)10(2)3/h6,8-11H,5,7H2,1-4H3,(H,17,21)/t11-/m1/s1. The first-order chi connectivity index (χ1) is 10.0. The largest absolute Gasteiger partial charge is 0.341 e. The molecule has 0 aliphatic carbocycles. The molecular formula is C14H22N6O. The molecule has 0 spiro atoms. The van der Waals surface area contributed by atoms with Gasteiger partial charge in [-0.1, -0.05) is 6.92 Å². The second kappa shape index (κ2) is 6.51. The SMILES string of the molecule is CCCn1ncnc1[C@@H](C)NC(=O)c1ccn(C(C)C)n1. The number of aryl methyl sites for hydroxylation is 1. The van der Waals surface area contributed by atoms with Gasteiger partial charge in [-0.05, 0) is 33.3 Å². The van der Waals surface area contributed by atoms with Gasteiger partial charge in [-0.25, -0.2) is 9.67 Å². The summed E-state index contributed by atoms with van der Waals surface area (Å²) in [5.74, 6) is 0.557. The molecular weight excluding hydrogens is 268 g/mol. The lowest BCUT2D eigenvalue weighted by molar-refractivity contribution is 0.0931. The van der Waals surface area contributed by atoms with E-state index in [1.807, 2.05) is 31.6 Å². The first-order valence-corrected chi connectivity index (χ1v) is 7.26. The van der Waals surface area contributed by atoms with Crippen LogP contribution in [0.4, 0.5) is 0 Å². The van der Waals surface area contributed by atoms with E-state index in [1.165, 1.54) is 6.33 Å². The fourth-order valence-corrected chi connectivity index (χ4v) is 2.07. The Balaban J connectivity index is 2.05. The molecule has 0 aliphatic rings. The molecule has 21 heavy (non-hydrogen) atoms. The Bertz CT molecular complexity index is 600. The Morgan fingerprint density at radius 1 is 1.38 bits per heavy atom. The summed E-state index contributed by atoms with van der Waals surface area (Å²) in [6.45, 7) is 8.80. The Morgan fingerprint density at radius 2 is 2.14 bits per heavy atom. The molecule has 1 amide bonds. The highest BCUT2D eigenvalue weighted by molar-refractivity contribution is 5.92. The fraction of sp³-hybridized carbons (Fsp3) is 0.571. The molecule has 0 bridgehead atoms. The third-order valence-corrected chi connectivity index (χ3v) is 3.19. The zero-order valence-corrected chi connectivity index (χ0v) is 12.9. The lowest BCUT2D eigenvalue weighted by Gasteiger charge is -2.13. The summed E-state index contributed by atoms with van der Waals surface area (Å²) in [6.07, 6.45) is 4.29. The van der Waals surface area contributed by atoms with Crippen LogP contribution in [0.15, 0.2) is 18.6 Å². The molecule has 7 heteroatoms. The van der Waals surface area contributed by atoms with Gasteiger partial charge in [0, 0.05) is 18.8 Å². The van der Waals surface area contributed by atoms with E-state index in [-0.39, 0.29) is 18.0 Å². The molecule has 7 nitrogen and oxygen atoms in total. The van der Waals surface area contributed by atoms with Gasteiger partial charge in [-0.3, -0.25) is 9.48 Å². The monoisotopic (exact) mass is 290 g/mol. The maximum atomic E-state index is 12.2. The quantitative estimate of drug-likeness (QED) is 0.882. The van der Waals surface area contributed by atoms with Crippen LogP contribution in [-0.4, -0.2) is 30.5 Å². The van der Waals surface area contributed by atoms with Crippen LogP contribution in [0, 0.1) is 0 Å². The molecule has 0 radical (unpaired) electrons. The van der Waals surface area contributed by atoms with Gasteiger partial charge < -0.3 is 5.32 Å². The van der Waals surface area contributed by atoms with Crippen LogP contribution < -0.4 is 5.32 Å². The van der Waals surface area contributed by atoms with E-state index in [2.05, 4.69) is 27.4 Å². The lowest BCUT2D eigenvalue weighted by Crippen LogP contribution is -2.29. The third kappa shape index (κ3) is 3.48. The zero-order valence-electron chi connectivity index (χ0n) is 12.9. The second-order valence-electron chi connectivity index (χ2n) is 5.31. The van der Waals surface area contributed by atoms with Crippen molar-refractivity contribution in [2.24, 2.45) is 0 Å². The van der Waals surface area contributed by atoms with Crippen molar-refractivity contribution in [3.8, 4) is 0 Å². The molecule has 0 saturated heterocycles.